The van der Waals surface area contributed by atoms with Crippen LogP contribution in [0.3, 0.4) is 0 Å². The number of amides is 13. The van der Waals surface area contributed by atoms with Gasteiger partial charge in [0.1, 0.15) is 66.5 Å². The molecule has 0 aliphatic carbocycles. The largest absolute Gasteiger partial charge is 0.481 e. The van der Waals surface area contributed by atoms with Crippen molar-refractivity contribution in [2.75, 3.05) is 30.9 Å². The number of rotatable bonds is 49. The number of nitrogens with two attached hydrogens (primary N) is 6. The smallest absolute Gasteiger partial charge is 0.326 e. The summed E-state index contributed by atoms with van der Waals surface area (Å²) in [6.07, 6.45) is 0.781. The van der Waals surface area contributed by atoms with E-state index in [0.717, 1.165) is 0 Å². The Balaban J connectivity index is 6.78. The van der Waals surface area contributed by atoms with E-state index in [4.69, 9.17) is 34.4 Å². The van der Waals surface area contributed by atoms with Crippen LogP contribution in [0.4, 0.5) is 0 Å². The number of thioether (sulfide) groups is 1. The molecule has 0 rings (SSSR count). The molecule has 0 saturated heterocycles. The van der Waals surface area contributed by atoms with Gasteiger partial charge in [-0.25, -0.2) is 4.79 Å². The molecule has 13 amide bonds. The number of carboxylic acids is 2. The van der Waals surface area contributed by atoms with Gasteiger partial charge in [0.2, 0.25) is 76.8 Å². The third kappa shape index (κ3) is 34.8. The van der Waals surface area contributed by atoms with E-state index in [1.165, 1.54) is 25.6 Å². The zero-order valence-electron chi connectivity index (χ0n) is 55.7. The van der Waals surface area contributed by atoms with Crippen LogP contribution in [-0.4, -0.2) is 208 Å². The molecular weight excluding hydrogens is 1280 g/mol. The van der Waals surface area contributed by atoms with Crippen molar-refractivity contribution in [3.63, 3.8) is 0 Å². The van der Waals surface area contributed by atoms with Crippen LogP contribution >= 0.6 is 24.4 Å². The predicted octanol–water partition coefficient (Wildman–Crippen LogP) is -5.22. The Morgan fingerprint density at radius 1 is 0.463 bits per heavy atom. The minimum Gasteiger partial charge on any atom is -0.481 e. The molecule has 0 radical (unpaired) electrons. The van der Waals surface area contributed by atoms with Gasteiger partial charge in [-0.2, -0.15) is 24.4 Å². The average molecular weight is 1390 g/mol. The minimum absolute atomic E-state index is 0.0271. The maximum atomic E-state index is 14.3. The Morgan fingerprint density at radius 2 is 0.874 bits per heavy atom. The standard InChI is InChI=1S/C58H104N18O17S2/c1-10-29(5)44(75-52(87)35(17-19-41(61)77)68-46(81)31(7)66-48(83)33(60)15-12-13-22-59)55(90)71-34(16-14-23-65-58(63)64)49(84)67-32(8)47(82)69-37(21-24-95-9)51(86)70-36(18-20-43(79)80)50(85)74-40(27-94)54(89)72-38(26-42(62)78)53(88)76-45(30(6)11-2)56(91)73-39(57(92)93)25-28(3)4/h28-40,44-45,94H,10-27,59-60H2,1-9H3,(H2,61,77)(H2,62,78)(H,66,83)(H,67,84)(H,68,81)(H,69,82)(H,70,86)(H,71,90)(H,72,89)(H,73,91)(H,74,85)(H,75,87)(H,76,88)(H,79,80)(H,92,93)(H4,63,64,65)/t29-,30-,31-,32-,33-,34-,35-,36-,37-,38-,39-,40-,44-,45-/m0/s1. The molecule has 0 aromatic heterocycles. The highest BCUT2D eigenvalue weighted by Crippen LogP contribution is 2.15. The number of thiol groups is 1. The first-order valence-corrected chi connectivity index (χ1v) is 33.5. The molecule has 37 heteroatoms. The quantitative estimate of drug-likeness (QED) is 0.0117. The lowest BCUT2D eigenvalue weighted by Gasteiger charge is -2.29. The average Bonchev–Trinajstić information content (AvgIpc) is 0.979. The molecule has 0 fully saturated rings. The number of guanidine groups is 1. The normalized spacial score (nSPS) is 15.5. The molecule has 0 aromatic rings. The third-order valence-electron chi connectivity index (χ3n) is 15.0. The van der Waals surface area contributed by atoms with Crippen molar-refractivity contribution in [3.8, 4) is 0 Å². The molecule has 540 valence electrons. The van der Waals surface area contributed by atoms with Crippen molar-refractivity contribution >= 4 is 119 Å². The van der Waals surface area contributed by atoms with Crippen molar-refractivity contribution < 1.29 is 82.1 Å². The molecule has 0 spiro atoms. The van der Waals surface area contributed by atoms with Crippen LogP contribution in [0, 0.1) is 17.8 Å². The fourth-order valence-corrected chi connectivity index (χ4v) is 9.65. The Bertz CT molecular complexity index is 2640. The van der Waals surface area contributed by atoms with E-state index >= 15 is 0 Å². The van der Waals surface area contributed by atoms with E-state index in [0.29, 0.717) is 25.8 Å². The van der Waals surface area contributed by atoms with E-state index in [2.05, 4.69) is 76.1 Å². The van der Waals surface area contributed by atoms with Gasteiger partial charge in [0.15, 0.2) is 5.96 Å². The van der Waals surface area contributed by atoms with Gasteiger partial charge in [-0.3, -0.25) is 72.1 Å². The Labute approximate surface area is 563 Å². The molecule has 0 bridgehead atoms. The molecule has 0 heterocycles. The number of unbranched alkanes of at least 4 members (excludes halogenated alkanes) is 1. The lowest BCUT2D eigenvalue weighted by atomic mass is 9.96. The van der Waals surface area contributed by atoms with Gasteiger partial charge in [0, 0.05) is 25.1 Å². The second-order valence-electron chi connectivity index (χ2n) is 23.5. The van der Waals surface area contributed by atoms with Crippen LogP contribution in [0.5, 0.6) is 0 Å². The number of carbonyl (C=O) groups excluding carboxylic acids is 13. The van der Waals surface area contributed by atoms with Gasteiger partial charge in [0.25, 0.3) is 0 Å². The van der Waals surface area contributed by atoms with Gasteiger partial charge in [-0.1, -0.05) is 60.8 Å². The van der Waals surface area contributed by atoms with E-state index in [9.17, 15) is 82.1 Å². The first-order chi connectivity index (χ1) is 44.5. The van der Waals surface area contributed by atoms with Gasteiger partial charge in [-0.05, 0) is 102 Å². The fraction of sp³-hybridized carbons (Fsp3) is 0.724. The molecule has 14 atom stereocenters. The highest BCUT2D eigenvalue weighted by molar-refractivity contribution is 7.98. The first kappa shape index (κ1) is 86.9. The topological polar surface area (TPSA) is 597 Å². The van der Waals surface area contributed by atoms with Crippen LogP contribution in [0.1, 0.15) is 145 Å². The molecular formula is C58H104N18O17S2. The van der Waals surface area contributed by atoms with Crippen LogP contribution in [0.2, 0.25) is 0 Å². The van der Waals surface area contributed by atoms with Gasteiger partial charge in [0.05, 0.1) is 12.5 Å². The van der Waals surface area contributed by atoms with E-state index in [-0.39, 0.29) is 75.5 Å². The summed E-state index contributed by atoms with van der Waals surface area (Å²) in [7, 11) is 0. The summed E-state index contributed by atoms with van der Waals surface area (Å²) in [5, 5.41) is 46.5. The highest BCUT2D eigenvalue weighted by atomic mass is 32.2. The van der Waals surface area contributed by atoms with Crippen LogP contribution in [-0.2, 0) is 71.9 Å². The number of aliphatic imine (C=N–C) groups is 1. The Hall–Kier alpha value is -8.06. The highest BCUT2D eigenvalue weighted by Gasteiger charge is 2.38. The first-order valence-electron chi connectivity index (χ1n) is 31.4. The second kappa shape index (κ2) is 46.1. The van der Waals surface area contributed by atoms with Crippen molar-refractivity contribution in [1.29, 1.82) is 0 Å². The summed E-state index contributed by atoms with van der Waals surface area (Å²) in [4.78, 5) is 203. The molecule has 0 aliphatic rings. The van der Waals surface area contributed by atoms with Crippen LogP contribution in [0.25, 0.3) is 0 Å². The number of nitrogens with one attached hydrogen (secondary N) is 11. The van der Waals surface area contributed by atoms with Crippen LogP contribution < -0.4 is 92.9 Å². The lowest BCUT2D eigenvalue weighted by molar-refractivity contribution is -0.143. The maximum Gasteiger partial charge on any atom is 0.326 e. The van der Waals surface area contributed by atoms with E-state index < -0.39 is 198 Å². The van der Waals surface area contributed by atoms with Gasteiger partial charge >= 0.3 is 11.9 Å². The maximum absolute atomic E-state index is 14.3. The van der Waals surface area contributed by atoms with Crippen LogP contribution in [0.15, 0.2) is 4.99 Å². The Kier molecular flexibility index (Phi) is 42.2. The SMILES string of the molecule is CC[C@H](C)[C@H](NC(=O)[C@H](CC(N)=O)NC(=O)[C@H](CS)NC(=O)[C@H](CCC(=O)O)NC(=O)[C@H](CCSC)NC(=O)[C@H](C)NC(=O)[C@H](CCCN=C(N)N)NC(=O)[C@@H](NC(=O)[C@H](CCC(N)=O)NC(=O)[C@H](C)NC(=O)[C@@H](N)CCCCN)[C@@H](C)CC)C(=O)N[C@@H](CC(C)C)C(=O)O. The fourth-order valence-electron chi connectivity index (χ4n) is 8.92. The molecule has 0 saturated carbocycles. The molecule has 0 aromatic carbocycles. The number of aliphatic carboxylic acids is 2. The monoisotopic (exact) mass is 1390 g/mol. The molecule has 25 N–H and O–H groups in total. The van der Waals surface area contributed by atoms with Crippen molar-refractivity contribution in [3.05, 3.63) is 0 Å². The predicted molar refractivity (Wildman–Crippen MR) is 355 cm³/mol. The molecule has 95 heavy (non-hydrogen) atoms. The number of carboxylic acid groups (broad SMARTS) is 2. The van der Waals surface area contributed by atoms with Gasteiger partial charge in [-0.15, -0.1) is 0 Å². The number of carbonyl (C=O) groups is 15. The summed E-state index contributed by atoms with van der Waals surface area (Å²) in [5.74, 6) is -17.0. The minimum atomic E-state index is -1.77. The van der Waals surface area contributed by atoms with Gasteiger partial charge < -0.3 is 103 Å². The van der Waals surface area contributed by atoms with E-state index in [1.807, 2.05) is 0 Å². The molecule has 0 aliphatic heterocycles. The van der Waals surface area contributed by atoms with Crippen molar-refractivity contribution in [1.82, 2.24) is 58.5 Å². The summed E-state index contributed by atoms with van der Waals surface area (Å²) in [5.41, 5.74) is 33.3. The summed E-state index contributed by atoms with van der Waals surface area (Å²) in [6, 6.07) is -17.3. The van der Waals surface area contributed by atoms with E-state index in [1.54, 1.807) is 47.8 Å². The number of hydrogen-bond acceptors (Lipinski definition) is 20. The summed E-state index contributed by atoms with van der Waals surface area (Å²) >= 11 is 5.42. The van der Waals surface area contributed by atoms with Crippen molar-refractivity contribution in [2.45, 2.75) is 218 Å². The van der Waals surface area contributed by atoms with Crippen molar-refractivity contribution in [2.24, 2.45) is 57.1 Å². The molecule has 35 nitrogen and oxygen atoms in total. The molecule has 0 unspecified atom stereocenters. The Morgan fingerprint density at radius 3 is 1.32 bits per heavy atom. The number of primary amides is 2. The zero-order chi connectivity index (χ0) is 72.8. The summed E-state index contributed by atoms with van der Waals surface area (Å²) < 4.78 is 0. The zero-order valence-corrected chi connectivity index (χ0v) is 57.4. The summed E-state index contributed by atoms with van der Waals surface area (Å²) in [6.45, 7) is 13.1. The third-order valence-corrected chi connectivity index (χ3v) is 16.0. The lowest BCUT2D eigenvalue weighted by Crippen LogP contribution is -2.61. The second-order valence-corrected chi connectivity index (χ2v) is 24.9. The number of hydrogen-bond donors (Lipinski definition) is 20. The number of nitrogens with zero attached hydrogens (tertiary/aromatic N) is 1.